The van der Waals surface area contributed by atoms with Crippen LogP contribution >= 0.6 is 0 Å². The number of aliphatic hydroxyl groups is 1. The lowest BCUT2D eigenvalue weighted by Crippen LogP contribution is -2.10. The van der Waals surface area contributed by atoms with E-state index in [0.29, 0.717) is 12.3 Å². The van der Waals surface area contributed by atoms with Gasteiger partial charge in [-0.1, -0.05) is 113 Å². The molecule has 1 atom stereocenters. The van der Waals surface area contributed by atoms with Crippen LogP contribution in [0.2, 0.25) is 0 Å². The number of carbonyl (C=O) groups excluding carboxylic acids is 1. The number of rotatable bonds is 9. The summed E-state index contributed by atoms with van der Waals surface area (Å²) in [5.74, 6) is -1.85. The minimum atomic E-state index is -2.55. The summed E-state index contributed by atoms with van der Waals surface area (Å²) in [6, 6.07) is 32.2. The van der Waals surface area contributed by atoms with Crippen LogP contribution in [-0.2, 0) is 15.7 Å². The molecule has 0 saturated heterocycles. The lowest BCUT2D eigenvalue weighted by molar-refractivity contribution is -0.0980. The van der Waals surface area contributed by atoms with Crippen LogP contribution in [0.1, 0.15) is 92.4 Å². The predicted molar refractivity (Wildman–Crippen MR) is 193 cm³/mol. The van der Waals surface area contributed by atoms with Gasteiger partial charge in [-0.3, -0.25) is 0 Å². The Kier molecular flexibility index (Phi) is 27.9. The highest BCUT2D eigenvalue weighted by molar-refractivity contribution is 7.97. The zero-order valence-electron chi connectivity index (χ0n) is 28.7. The van der Waals surface area contributed by atoms with Crippen LogP contribution in [0.5, 0.6) is 0 Å². The van der Waals surface area contributed by atoms with Gasteiger partial charge in [0.25, 0.3) is 0 Å². The van der Waals surface area contributed by atoms with Gasteiger partial charge in [0.15, 0.2) is 14.7 Å². The number of benzene rings is 3. The minimum Gasteiger partial charge on any atom is -0.400 e. The monoisotopic (exact) mass is 641 g/mol. The third kappa shape index (κ3) is 21.4. The Morgan fingerprint density at radius 1 is 0.822 bits per heavy atom. The summed E-state index contributed by atoms with van der Waals surface area (Å²) in [6.45, 7) is 19.2. The number of carbonyl (C=O) groups is 1. The first-order valence-corrected chi connectivity index (χ1v) is 17.3. The van der Waals surface area contributed by atoms with Crippen molar-refractivity contribution in [3.05, 3.63) is 115 Å². The third-order valence-electron chi connectivity index (χ3n) is 6.48. The molecule has 1 aliphatic rings. The van der Waals surface area contributed by atoms with Gasteiger partial charge in [-0.05, 0) is 94.2 Å². The molecule has 3 aromatic carbocycles. The van der Waals surface area contributed by atoms with Gasteiger partial charge in [0.1, 0.15) is 6.79 Å². The van der Waals surface area contributed by atoms with Crippen molar-refractivity contribution < 1.29 is 18.7 Å². The van der Waals surface area contributed by atoms with Gasteiger partial charge in [-0.15, -0.1) is 0 Å². The fourth-order valence-electron chi connectivity index (χ4n) is 4.51. The smallest absolute Gasteiger partial charge is 0.245 e. The van der Waals surface area contributed by atoms with E-state index in [9.17, 15) is 8.78 Å². The van der Waals surface area contributed by atoms with E-state index in [0.717, 1.165) is 38.9 Å². The van der Waals surface area contributed by atoms with Crippen molar-refractivity contribution in [2.75, 3.05) is 7.11 Å². The Balaban J connectivity index is 0. The largest absolute Gasteiger partial charge is 0.400 e. The second-order valence-corrected chi connectivity index (χ2v) is 12.6. The third-order valence-corrected chi connectivity index (χ3v) is 8.71. The van der Waals surface area contributed by atoms with Crippen molar-refractivity contribution in [3.8, 4) is 0 Å². The fourth-order valence-corrected chi connectivity index (χ4v) is 6.61. The number of alkyl halides is 2. The normalized spacial score (nSPS) is 13.4. The SMILES string of the molecule is C=C(CCC1CCCC(=C)C1)CCC(C)(F)F.C=O.CC.CCC.CO.c1ccc([S+](c2ccccc2)c2ccccc2)cc1. The van der Waals surface area contributed by atoms with Gasteiger partial charge < -0.3 is 9.90 Å². The van der Waals surface area contributed by atoms with Gasteiger partial charge in [-0.2, -0.15) is 0 Å². The molecule has 0 amide bonds. The Morgan fingerprint density at radius 3 is 1.53 bits per heavy atom. The molecular formula is C40H59F2O2S+. The summed E-state index contributed by atoms with van der Waals surface area (Å²) in [5, 5.41) is 7.00. The number of halogens is 2. The summed E-state index contributed by atoms with van der Waals surface area (Å²) in [7, 11) is 0.985. The van der Waals surface area contributed by atoms with Crippen molar-refractivity contribution >= 4 is 17.7 Å². The lowest BCUT2D eigenvalue weighted by Gasteiger charge is -2.23. The van der Waals surface area contributed by atoms with Crippen molar-refractivity contribution in [1.82, 2.24) is 0 Å². The molecule has 1 saturated carbocycles. The number of allylic oxidation sites excluding steroid dienone is 2. The van der Waals surface area contributed by atoms with Crippen LogP contribution in [0.25, 0.3) is 0 Å². The first-order valence-electron chi connectivity index (χ1n) is 16.1. The molecule has 250 valence electrons. The molecule has 0 aromatic heterocycles. The molecule has 4 rings (SSSR count). The number of hydrogen-bond acceptors (Lipinski definition) is 2. The molecule has 0 bridgehead atoms. The lowest BCUT2D eigenvalue weighted by atomic mass is 9.82. The van der Waals surface area contributed by atoms with E-state index in [2.05, 4.69) is 118 Å². The molecule has 5 heteroatoms. The molecule has 1 fully saturated rings. The molecule has 0 aliphatic heterocycles. The van der Waals surface area contributed by atoms with E-state index in [4.69, 9.17) is 9.90 Å². The van der Waals surface area contributed by atoms with Crippen LogP contribution < -0.4 is 0 Å². The van der Waals surface area contributed by atoms with Crippen molar-refractivity contribution in [1.29, 1.82) is 0 Å². The van der Waals surface area contributed by atoms with Crippen LogP contribution in [0.3, 0.4) is 0 Å². The number of aliphatic hydroxyl groups excluding tert-OH is 1. The first kappa shape index (κ1) is 44.1. The molecule has 0 radical (unpaired) electrons. The molecular weight excluding hydrogens is 583 g/mol. The van der Waals surface area contributed by atoms with Crippen LogP contribution in [0.15, 0.2) is 130 Å². The average molecular weight is 642 g/mol. The second-order valence-electron chi connectivity index (χ2n) is 10.5. The molecule has 2 nitrogen and oxygen atoms in total. The molecule has 45 heavy (non-hydrogen) atoms. The first-order chi connectivity index (χ1) is 21.7. The topological polar surface area (TPSA) is 37.3 Å². The van der Waals surface area contributed by atoms with Crippen molar-refractivity contribution in [3.63, 3.8) is 0 Å². The quantitative estimate of drug-likeness (QED) is 0.186. The molecule has 1 unspecified atom stereocenters. The maximum absolute atomic E-state index is 12.7. The maximum atomic E-state index is 12.7. The van der Waals surface area contributed by atoms with E-state index in [1.54, 1.807) is 0 Å². The summed E-state index contributed by atoms with van der Waals surface area (Å²) >= 11 is 0. The minimum absolute atomic E-state index is 0.0146. The van der Waals surface area contributed by atoms with Gasteiger partial charge >= 0.3 is 0 Å². The standard InChI is InChI=1S/C18H15S.C15H24F2.C3H8.C2H6.CH4O.CH2O/c1-4-10-16(11-5-1)19(17-12-6-2-7-13-17)18-14-8-3-9-15-18;1-12(9-10-15(3,16)17)7-8-14-6-4-5-13(2)11-14;1-3-2;3*1-2/h1-15H;14H,1-2,4-11H2,3H3;3H2,1-2H3;1-2H3;2H,1H3;1H2/q+1;;;;;. The summed E-state index contributed by atoms with van der Waals surface area (Å²) < 4.78 is 25.4. The van der Waals surface area contributed by atoms with Crippen molar-refractivity contribution in [2.45, 2.75) is 113 Å². The second kappa shape index (κ2) is 28.5. The van der Waals surface area contributed by atoms with Crippen LogP contribution in [-0.4, -0.2) is 24.9 Å². The summed E-state index contributed by atoms with van der Waals surface area (Å²) in [4.78, 5) is 12.1. The van der Waals surface area contributed by atoms with E-state index >= 15 is 0 Å². The van der Waals surface area contributed by atoms with E-state index in [1.165, 1.54) is 45.9 Å². The maximum Gasteiger partial charge on any atom is 0.245 e. The average Bonchev–Trinajstić information content (AvgIpc) is 3.08. The number of hydrogen-bond donors (Lipinski definition) is 1. The summed E-state index contributed by atoms with van der Waals surface area (Å²) in [6.07, 6.45) is 8.41. The molecule has 0 spiro atoms. The highest BCUT2D eigenvalue weighted by atomic mass is 32.2. The summed E-state index contributed by atoms with van der Waals surface area (Å²) in [5.41, 5.74) is 2.33. The van der Waals surface area contributed by atoms with Crippen LogP contribution in [0.4, 0.5) is 8.78 Å². The van der Waals surface area contributed by atoms with Gasteiger partial charge in [0.2, 0.25) is 5.92 Å². The Labute approximate surface area is 277 Å². The van der Waals surface area contributed by atoms with Crippen LogP contribution in [0, 0.1) is 5.92 Å². The Bertz CT molecular complexity index is 1010. The molecule has 1 N–H and O–H groups in total. The van der Waals surface area contributed by atoms with E-state index in [-0.39, 0.29) is 17.3 Å². The fraction of sp³-hybridized carbons (Fsp3) is 0.425. The molecule has 3 aromatic rings. The Morgan fingerprint density at radius 2 is 1.20 bits per heavy atom. The zero-order valence-corrected chi connectivity index (χ0v) is 29.6. The van der Waals surface area contributed by atoms with E-state index < -0.39 is 5.92 Å². The van der Waals surface area contributed by atoms with Crippen molar-refractivity contribution in [2.24, 2.45) is 5.92 Å². The van der Waals surface area contributed by atoms with Gasteiger partial charge in [0.05, 0.1) is 10.9 Å². The highest BCUT2D eigenvalue weighted by Crippen LogP contribution is 2.32. The molecule has 0 heterocycles. The van der Waals surface area contributed by atoms with Gasteiger partial charge in [0, 0.05) is 13.5 Å². The van der Waals surface area contributed by atoms with E-state index in [1.807, 2.05) is 20.6 Å². The van der Waals surface area contributed by atoms with Gasteiger partial charge in [-0.25, -0.2) is 8.78 Å². The highest BCUT2D eigenvalue weighted by Gasteiger charge is 2.27. The predicted octanol–water partition coefficient (Wildman–Crippen LogP) is 12.2. The molecule has 1 aliphatic carbocycles. The zero-order chi connectivity index (χ0) is 34.5. The Hall–Kier alpha value is -3.02.